The first-order valence-corrected chi connectivity index (χ1v) is 9.23. The molecule has 1 aliphatic carbocycles. The van der Waals surface area contributed by atoms with Crippen LogP contribution in [0.15, 0.2) is 12.2 Å². The van der Waals surface area contributed by atoms with Crippen molar-refractivity contribution in [3.05, 3.63) is 22.3 Å². The number of rotatable bonds is 8. The highest BCUT2D eigenvalue weighted by Crippen LogP contribution is 2.26. The summed E-state index contributed by atoms with van der Waals surface area (Å²) >= 11 is 0. The molecule has 2 aliphatic rings. The largest absolute Gasteiger partial charge is 0.478 e. The number of likely N-dealkylation sites (tertiary alicyclic amines) is 1. The fourth-order valence-corrected chi connectivity index (χ4v) is 3.18. The smallest absolute Gasteiger partial charge is 0.328 e. The van der Waals surface area contributed by atoms with Crippen LogP contribution in [0.1, 0.15) is 38.5 Å². The second-order valence-electron chi connectivity index (χ2n) is 6.65. The Balaban J connectivity index is 0.000000416. The van der Waals surface area contributed by atoms with Crippen molar-refractivity contribution in [1.82, 2.24) is 10.2 Å². The first kappa shape index (κ1) is 23.3. The molecule has 11 heteroatoms. The third-order valence-corrected chi connectivity index (χ3v) is 4.57. The summed E-state index contributed by atoms with van der Waals surface area (Å²) in [4.78, 5) is 48.3. The summed E-state index contributed by atoms with van der Waals surface area (Å²) in [5, 5.41) is 28.1. The van der Waals surface area contributed by atoms with Gasteiger partial charge in [0.1, 0.15) is 6.10 Å². The van der Waals surface area contributed by atoms with Crippen molar-refractivity contribution in [1.29, 1.82) is 0 Å². The predicted octanol–water partition coefficient (Wildman–Crippen LogP) is 0.677. The number of hydrogen-bond donors (Lipinski definition) is 3. The molecule has 0 aromatic rings. The van der Waals surface area contributed by atoms with Crippen LogP contribution in [0, 0.1) is 16.0 Å². The highest BCUT2D eigenvalue weighted by molar-refractivity contribution is 5.89. The predicted molar refractivity (Wildman–Crippen MR) is 96.9 cm³/mol. The Bertz CT molecular complexity index is 551. The molecular weight excluding hydrogens is 374 g/mol. The number of carbonyl (C=O) groups is 3. The quantitative estimate of drug-likeness (QED) is 0.302. The van der Waals surface area contributed by atoms with Crippen LogP contribution in [0.3, 0.4) is 0 Å². The van der Waals surface area contributed by atoms with Gasteiger partial charge in [-0.15, -0.1) is 10.1 Å². The van der Waals surface area contributed by atoms with Gasteiger partial charge in [-0.25, -0.2) is 9.59 Å². The SMILES string of the molecule is O=C(NCCN1CCCC1)C1CCC(O[N+](=O)[O-])CC1.O=C(O)C=CC(=O)O. The lowest BCUT2D eigenvalue weighted by Gasteiger charge is -2.26. The van der Waals surface area contributed by atoms with Gasteiger partial charge in [0, 0.05) is 31.2 Å². The number of nitrogens with zero attached hydrogens (tertiary/aromatic N) is 2. The lowest BCUT2D eigenvalue weighted by atomic mass is 9.87. The molecule has 1 aliphatic heterocycles. The van der Waals surface area contributed by atoms with Crippen molar-refractivity contribution in [2.24, 2.45) is 5.92 Å². The standard InChI is InChI=1S/C13H23N3O4.C4H4O4/c17-13(14-7-10-15-8-1-2-9-15)11-3-5-12(6-4-11)20-16(18)19;5-3(6)1-2-4(7)8/h11-12H,1-10H2,(H,14,17);1-2H,(H,5,6)(H,7,8). The molecule has 0 aromatic carbocycles. The molecule has 0 spiro atoms. The Labute approximate surface area is 162 Å². The van der Waals surface area contributed by atoms with Gasteiger partial charge in [0.15, 0.2) is 0 Å². The minimum Gasteiger partial charge on any atom is -0.478 e. The Morgan fingerprint density at radius 1 is 1.07 bits per heavy atom. The molecule has 1 saturated carbocycles. The Kier molecular flexibility index (Phi) is 10.6. The number of aliphatic carboxylic acids is 2. The number of carboxylic acids is 2. The van der Waals surface area contributed by atoms with Gasteiger partial charge in [-0.3, -0.25) is 4.79 Å². The van der Waals surface area contributed by atoms with Crippen molar-refractivity contribution in [3.63, 3.8) is 0 Å². The topological polar surface area (TPSA) is 159 Å². The second kappa shape index (κ2) is 12.7. The lowest BCUT2D eigenvalue weighted by Crippen LogP contribution is -2.38. The highest BCUT2D eigenvalue weighted by Gasteiger charge is 2.28. The van der Waals surface area contributed by atoms with Crippen LogP contribution in [-0.4, -0.2) is 70.3 Å². The molecule has 3 N–H and O–H groups in total. The van der Waals surface area contributed by atoms with E-state index in [-0.39, 0.29) is 17.9 Å². The van der Waals surface area contributed by atoms with Crippen LogP contribution in [0.4, 0.5) is 0 Å². The molecule has 1 amide bonds. The average molecular weight is 401 g/mol. The van der Waals surface area contributed by atoms with Gasteiger partial charge in [0.25, 0.3) is 5.09 Å². The molecule has 2 rings (SSSR count). The first-order chi connectivity index (χ1) is 13.3. The lowest BCUT2D eigenvalue weighted by molar-refractivity contribution is -0.769. The molecule has 28 heavy (non-hydrogen) atoms. The fraction of sp³-hybridized carbons (Fsp3) is 0.706. The van der Waals surface area contributed by atoms with Gasteiger partial charge in [0.2, 0.25) is 5.91 Å². The van der Waals surface area contributed by atoms with Crippen LogP contribution >= 0.6 is 0 Å². The first-order valence-electron chi connectivity index (χ1n) is 9.23. The summed E-state index contributed by atoms with van der Waals surface area (Å²) in [6, 6.07) is 0. The van der Waals surface area contributed by atoms with E-state index in [1.165, 1.54) is 12.8 Å². The minimum absolute atomic E-state index is 0.0137. The fourth-order valence-electron chi connectivity index (χ4n) is 3.18. The summed E-state index contributed by atoms with van der Waals surface area (Å²) in [5.74, 6) is -2.44. The Morgan fingerprint density at radius 2 is 1.61 bits per heavy atom. The van der Waals surface area contributed by atoms with E-state index in [1.54, 1.807) is 0 Å². The van der Waals surface area contributed by atoms with Crippen molar-refractivity contribution in [2.75, 3.05) is 26.2 Å². The van der Waals surface area contributed by atoms with Gasteiger partial charge in [-0.05, 0) is 51.6 Å². The summed E-state index contributed by atoms with van der Waals surface area (Å²) in [6.07, 6.45) is 5.82. The van der Waals surface area contributed by atoms with E-state index in [2.05, 4.69) is 15.1 Å². The number of carbonyl (C=O) groups excluding carboxylic acids is 1. The monoisotopic (exact) mass is 401 g/mol. The zero-order chi connectivity index (χ0) is 20.9. The molecule has 2 fully saturated rings. The molecule has 0 radical (unpaired) electrons. The molecular formula is C17H27N3O8. The van der Waals surface area contributed by atoms with Crippen LogP contribution in [0.25, 0.3) is 0 Å². The van der Waals surface area contributed by atoms with Crippen molar-refractivity contribution in [2.45, 2.75) is 44.6 Å². The van der Waals surface area contributed by atoms with E-state index in [1.807, 2.05) is 0 Å². The Hall–Kier alpha value is -2.69. The summed E-state index contributed by atoms with van der Waals surface area (Å²) < 4.78 is 0. The third kappa shape index (κ3) is 10.5. The van der Waals surface area contributed by atoms with Gasteiger partial charge in [-0.1, -0.05) is 0 Å². The molecule has 0 unspecified atom stereocenters. The van der Waals surface area contributed by atoms with Crippen molar-refractivity contribution < 1.29 is 34.5 Å². The van der Waals surface area contributed by atoms with Crippen LogP contribution < -0.4 is 5.32 Å². The maximum absolute atomic E-state index is 12.0. The summed E-state index contributed by atoms with van der Waals surface area (Å²) in [5.41, 5.74) is 0. The summed E-state index contributed by atoms with van der Waals surface area (Å²) in [6.45, 7) is 3.90. The molecule has 0 aromatic heterocycles. The maximum atomic E-state index is 12.0. The Morgan fingerprint density at radius 3 is 2.07 bits per heavy atom. The van der Waals surface area contributed by atoms with E-state index in [0.717, 1.165) is 19.6 Å². The van der Waals surface area contributed by atoms with E-state index in [4.69, 9.17) is 10.2 Å². The van der Waals surface area contributed by atoms with Crippen molar-refractivity contribution in [3.8, 4) is 0 Å². The molecule has 1 heterocycles. The third-order valence-electron chi connectivity index (χ3n) is 4.57. The molecule has 1 saturated heterocycles. The number of nitrogens with one attached hydrogen (secondary N) is 1. The second-order valence-corrected chi connectivity index (χ2v) is 6.65. The average Bonchev–Trinajstić information content (AvgIpc) is 3.14. The minimum atomic E-state index is -1.26. The zero-order valence-electron chi connectivity index (χ0n) is 15.6. The highest BCUT2D eigenvalue weighted by atomic mass is 17.0. The van der Waals surface area contributed by atoms with Crippen LogP contribution in [-0.2, 0) is 19.2 Å². The maximum Gasteiger partial charge on any atom is 0.328 e. The molecule has 158 valence electrons. The number of hydrogen-bond acceptors (Lipinski definition) is 7. The van der Waals surface area contributed by atoms with Crippen LogP contribution in [0.5, 0.6) is 0 Å². The van der Waals surface area contributed by atoms with Crippen molar-refractivity contribution >= 4 is 17.8 Å². The number of carboxylic acid groups (broad SMARTS) is 2. The van der Waals surface area contributed by atoms with E-state index in [0.29, 0.717) is 44.4 Å². The van der Waals surface area contributed by atoms with E-state index >= 15 is 0 Å². The van der Waals surface area contributed by atoms with Gasteiger partial charge in [-0.2, -0.15) is 0 Å². The molecule has 0 bridgehead atoms. The summed E-state index contributed by atoms with van der Waals surface area (Å²) in [7, 11) is 0. The van der Waals surface area contributed by atoms with E-state index < -0.39 is 17.0 Å². The number of amides is 1. The normalized spacial score (nSPS) is 22.1. The zero-order valence-corrected chi connectivity index (χ0v) is 15.6. The van der Waals surface area contributed by atoms with Gasteiger partial charge >= 0.3 is 11.9 Å². The molecule has 11 nitrogen and oxygen atoms in total. The van der Waals surface area contributed by atoms with Gasteiger partial charge < -0.3 is 25.3 Å². The molecule has 0 atom stereocenters. The van der Waals surface area contributed by atoms with Gasteiger partial charge in [0.05, 0.1) is 0 Å². The van der Waals surface area contributed by atoms with Crippen LogP contribution in [0.2, 0.25) is 0 Å². The van der Waals surface area contributed by atoms with E-state index in [9.17, 15) is 24.5 Å².